The van der Waals surface area contributed by atoms with E-state index < -0.39 is 11.7 Å². The number of hydrogen-bond acceptors (Lipinski definition) is 2. The summed E-state index contributed by atoms with van der Waals surface area (Å²) in [6.07, 6.45) is -4.34. The summed E-state index contributed by atoms with van der Waals surface area (Å²) in [7, 11) is 0. The van der Waals surface area contributed by atoms with Gasteiger partial charge in [0.25, 0.3) is 0 Å². The van der Waals surface area contributed by atoms with E-state index >= 15 is 0 Å². The Labute approximate surface area is 121 Å². The van der Waals surface area contributed by atoms with Gasteiger partial charge >= 0.3 is 6.18 Å². The number of halogens is 3. The highest BCUT2D eigenvalue weighted by Crippen LogP contribution is 2.32. The number of nitrogens with one attached hydrogen (secondary N) is 1. The molecule has 0 aliphatic carbocycles. The van der Waals surface area contributed by atoms with Crippen molar-refractivity contribution in [1.29, 1.82) is 0 Å². The van der Waals surface area contributed by atoms with E-state index in [2.05, 4.69) is 5.32 Å². The van der Waals surface area contributed by atoms with Gasteiger partial charge in [0.2, 0.25) is 0 Å². The fourth-order valence-electron chi connectivity index (χ4n) is 2.01. The lowest BCUT2D eigenvalue weighted by Crippen LogP contribution is -2.11. The Balaban J connectivity index is 2.12. The number of alkyl halides is 3. The minimum Gasteiger partial charge on any atom is -0.494 e. The molecule has 1 N–H and O–H groups in total. The molecule has 2 aromatic rings. The predicted octanol–water partition coefficient (Wildman–Crippen LogP) is 4.72. The van der Waals surface area contributed by atoms with Gasteiger partial charge in [-0.05, 0) is 30.7 Å². The van der Waals surface area contributed by atoms with Crippen molar-refractivity contribution in [1.82, 2.24) is 0 Å². The number of ether oxygens (including phenoxy) is 1. The lowest BCUT2D eigenvalue weighted by atomic mass is 10.1. The minimum atomic E-state index is -4.34. The van der Waals surface area contributed by atoms with Crippen LogP contribution in [0.15, 0.2) is 48.5 Å². The van der Waals surface area contributed by atoms with Crippen LogP contribution >= 0.6 is 0 Å². The molecule has 112 valence electrons. The SMILES string of the molecule is CCOc1cccc(NCc2ccccc2C(F)(F)F)c1. The van der Waals surface area contributed by atoms with Gasteiger partial charge in [0.15, 0.2) is 0 Å². The average Bonchev–Trinajstić information content (AvgIpc) is 2.45. The van der Waals surface area contributed by atoms with Crippen molar-refractivity contribution in [3.63, 3.8) is 0 Å². The molecule has 0 bridgehead atoms. The first kappa shape index (κ1) is 15.2. The summed E-state index contributed by atoms with van der Waals surface area (Å²) >= 11 is 0. The fourth-order valence-corrected chi connectivity index (χ4v) is 2.01. The van der Waals surface area contributed by atoms with Crippen molar-refractivity contribution >= 4 is 5.69 Å². The van der Waals surface area contributed by atoms with Crippen LogP contribution in [0.5, 0.6) is 5.75 Å². The largest absolute Gasteiger partial charge is 0.494 e. The van der Waals surface area contributed by atoms with Gasteiger partial charge in [-0.2, -0.15) is 13.2 Å². The number of rotatable bonds is 5. The van der Waals surface area contributed by atoms with Crippen LogP contribution < -0.4 is 10.1 Å². The van der Waals surface area contributed by atoms with Crippen molar-refractivity contribution in [2.75, 3.05) is 11.9 Å². The molecular weight excluding hydrogens is 279 g/mol. The van der Waals surface area contributed by atoms with Crippen molar-refractivity contribution < 1.29 is 17.9 Å². The molecule has 0 amide bonds. The second-order valence-electron chi connectivity index (χ2n) is 4.47. The van der Waals surface area contributed by atoms with Gasteiger partial charge in [0.05, 0.1) is 12.2 Å². The third kappa shape index (κ3) is 4.15. The highest BCUT2D eigenvalue weighted by Gasteiger charge is 2.32. The molecular formula is C16H16F3NO. The molecule has 0 radical (unpaired) electrons. The van der Waals surface area contributed by atoms with Crippen LogP contribution in [-0.2, 0) is 12.7 Å². The summed E-state index contributed by atoms with van der Waals surface area (Å²) in [6, 6.07) is 12.7. The topological polar surface area (TPSA) is 21.3 Å². The summed E-state index contributed by atoms with van der Waals surface area (Å²) in [5, 5.41) is 2.99. The average molecular weight is 295 g/mol. The molecule has 2 rings (SSSR count). The summed E-state index contributed by atoms with van der Waals surface area (Å²) in [5.41, 5.74) is 0.322. The second-order valence-corrected chi connectivity index (χ2v) is 4.47. The van der Waals surface area contributed by atoms with Gasteiger partial charge in [-0.3, -0.25) is 0 Å². The lowest BCUT2D eigenvalue weighted by Gasteiger charge is -2.14. The van der Waals surface area contributed by atoms with Gasteiger partial charge in [-0.25, -0.2) is 0 Å². The van der Waals surface area contributed by atoms with E-state index in [1.165, 1.54) is 12.1 Å². The Morgan fingerprint density at radius 2 is 1.81 bits per heavy atom. The Bertz CT molecular complexity index is 596. The van der Waals surface area contributed by atoms with Crippen LogP contribution in [-0.4, -0.2) is 6.61 Å². The molecule has 0 heterocycles. The minimum absolute atomic E-state index is 0.102. The molecule has 2 aromatic carbocycles. The first-order chi connectivity index (χ1) is 10.0. The molecule has 0 spiro atoms. The normalized spacial score (nSPS) is 11.2. The van der Waals surface area contributed by atoms with E-state index in [1.807, 2.05) is 6.92 Å². The van der Waals surface area contributed by atoms with Crippen LogP contribution in [0.1, 0.15) is 18.1 Å². The van der Waals surface area contributed by atoms with Crippen LogP contribution in [0, 0.1) is 0 Å². The van der Waals surface area contributed by atoms with E-state index in [9.17, 15) is 13.2 Å². The second kappa shape index (κ2) is 6.52. The standard InChI is InChI=1S/C16H16F3NO/c1-2-21-14-8-5-7-13(10-14)20-11-12-6-3-4-9-15(12)16(17,18)19/h3-10,20H,2,11H2,1H3. The Kier molecular flexibility index (Phi) is 4.73. The summed E-state index contributed by atoms with van der Waals surface area (Å²) < 4.78 is 44.0. The van der Waals surface area contributed by atoms with Crippen LogP contribution in [0.25, 0.3) is 0 Å². The quantitative estimate of drug-likeness (QED) is 0.862. The highest BCUT2D eigenvalue weighted by molar-refractivity contribution is 5.49. The maximum Gasteiger partial charge on any atom is 0.416 e. The Morgan fingerprint density at radius 1 is 1.05 bits per heavy atom. The molecule has 0 atom stereocenters. The first-order valence-corrected chi connectivity index (χ1v) is 6.62. The van der Waals surface area contributed by atoms with Crippen LogP contribution in [0.2, 0.25) is 0 Å². The number of hydrogen-bond donors (Lipinski definition) is 1. The molecule has 0 saturated carbocycles. The zero-order valence-electron chi connectivity index (χ0n) is 11.6. The Hall–Kier alpha value is -2.17. The van der Waals surface area contributed by atoms with Gasteiger partial charge in [-0.1, -0.05) is 24.3 Å². The van der Waals surface area contributed by atoms with Crippen molar-refractivity contribution in [2.45, 2.75) is 19.6 Å². The molecule has 0 unspecified atom stereocenters. The van der Waals surface area contributed by atoms with Crippen molar-refractivity contribution in [3.8, 4) is 5.75 Å². The summed E-state index contributed by atoms with van der Waals surface area (Å²) in [5.74, 6) is 0.687. The maximum absolute atomic E-state index is 12.9. The maximum atomic E-state index is 12.9. The van der Waals surface area contributed by atoms with E-state index in [4.69, 9.17) is 4.74 Å². The molecule has 0 aliphatic rings. The Morgan fingerprint density at radius 3 is 2.52 bits per heavy atom. The molecule has 0 aliphatic heterocycles. The van der Waals surface area contributed by atoms with E-state index in [-0.39, 0.29) is 12.1 Å². The summed E-state index contributed by atoms with van der Waals surface area (Å²) in [6.45, 7) is 2.52. The van der Waals surface area contributed by atoms with Crippen molar-refractivity contribution in [2.24, 2.45) is 0 Å². The zero-order valence-corrected chi connectivity index (χ0v) is 11.6. The fraction of sp³-hybridized carbons (Fsp3) is 0.250. The van der Waals surface area contributed by atoms with Gasteiger partial charge < -0.3 is 10.1 Å². The van der Waals surface area contributed by atoms with Crippen molar-refractivity contribution in [3.05, 3.63) is 59.7 Å². The molecule has 0 fully saturated rings. The molecule has 2 nitrogen and oxygen atoms in total. The predicted molar refractivity (Wildman–Crippen MR) is 76.4 cm³/mol. The monoisotopic (exact) mass is 295 g/mol. The molecule has 5 heteroatoms. The highest BCUT2D eigenvalue weighted by atomic mass is 19.4. The first-order valence-electron chi connectivity index (χ1n) is 6.62. The number of anilines is 1. The third-order valence-corrected chi connectivity index (χ3v) is 2.95. The van der Waals surface area contributed by atoms with Gasteiger partial charge in [-0.15, -0.1) is 0 Å². The zero-order chi connectivity index (χ0) is 15.3. The van der Waals surface area contributed by atoms with Crippen LogP contribution in [0.3, 0.4) is 0 Å². The summed E-state index contributed by atoms with van der Waals surface area (Å²) in [4.78, 5) is 0. The van der Waals surface area contributed by atoms with Gasteiger partial charge in [0.1, 0.15) is 5.75 Å². The lowest BCUT2D eigenvalue weighted by molar-refractivity contribution is -0.138. The number of benzene rings is 2. The van der Waals surface area contributed by atoms with E-state index in [1.54, 1.807) is 30.3 Å². The molecule has 0 saturated heterocycles. The smallest absolute Gasteiger partial charge is 0.416 e. The van der Waals surface area contributed by atoms with E-state index in [0.717, 1.165) is 11.8 Å². The van der Waals surface area contributed by atoms with E-state index in [0.29, 0.717) is 12.4 Å². The third-order valence-electron chi connectivity index (χ3n) is 2.95. The molecule has 0 aromatic heterocycles. The molecule has 21 heavy (non-hydrogen) atoms. The van der Waals surface area contributed by atoms with Crippen LogP contribution in [0.4, 0.5) is 18.9 Å². The van der Waals surface area contributed by atoms with Gasteiger partial charge in [0, 0.05) is 18.3 Å².